The fraction of sp³-hybridized carbons (Fsp3) is 0.214. The first-order valence-electron chi connectivity index (χ1n) is 6.49. The molecule has 0 aliphatic carbocycles. The van der Waals surface area contributed by atoms with Crippen LogP contribution in [0.15, 0.2) is 36.7 Å². The first-order chi connectivity index (χ1) is 9.81. The van der Waals surface area contributed by atoms with Crippen molar-refractivity contribution in [2.75, 3.05) is 11.4 Å². The molecule has 4 rings (SSSR count). The second kappa shape index (κ2) is 4.45. The minimum absolute atomic E-state index is 0.444. The van der Waals surface area contributed by atoms with E-state index in [1.54, 1.807) is 4.52 Å². The van der Waals surface area contributed by atoms with Gasteiger partial charge in [-0.15, -0.1) is 0 Å². The highest BCUT2D eigenvalue weighted by atomic mass is 35.5. The lowest BCUT2D eigenvalue weighted by Gasteiger charge is -2.30. The van der Waals surface area contributed by atoms with Crippen molar-refractivity contribution in [3.8, 4) is 0 Å². The largest absolute Gasteiger partial charge is 0.352 e. The zero-order chi connectivity index (χ0) is 13.5. The fourth-order valence-electron chi connectivity index (χ4n) is 2.69. The molecular weight excluding hydrogens is 274 g/mol. The molecule has 0 saturated carbocycles. The van der Waals surface area contributed by atoms with Crippen molar-refractivity contribution in [2.24, 2.45) is 0 Å². The number of halogens is 1. The first kappa shape index (κ1) is 11.7. The Morgan fingerprint density at radius 2 is 2.00 bits per heavy atom. The summed E-state index contributed by atoms with van der Waals surface area (Å²) >= 11 is 6.08. The standard InChI is InChI=1S/C14H12ClN5/c15-12-7-13(20-14(18-12)16-9-17-20)19-6-5-10-3-1-2-4-11(10)8-19/h1-4,7,9H,5-6,8H2. The van der Waals surface area contributed by atoms with Crippen LogP contribution in [0.1, 0.15) is 11.1 Å². The molecule has 0 N–H and O–H groups in total. The predicted molar refractivity (Wildman–Crippen MR) is 77.0 cm³/mol. The first-order valence-corrected chi connectivity index (χ1v) is 6.87. The number of fused-ring (bicyclic) bond motifs is 2. The predicted octanol–water partition coefficient (Wildman–Crippen LogP) is 2.34. The summed E-state index contributed by atoms with van der Waals surface area (Å²) < 4.78 is 1.74. The highest BCUT2D eigenvalue weighted by Gasteiger charge is 2.19. The highest BCUT2D eigenvalue weighted by molar-refractivity contribution is 6.29. The van der Waals surface area contributed by atoms with Crippen LogP contribution in [0.2, 0.25) is 5.15 Å². The molecule has 1 aromatic carbocycles. The van der Waals surface area contributed by atoms with Crippen molar-refractivity contribution in [2.45, 2.75) is 13.0 Å². The zero-order valence-corrected chi connectivity index (χ0v) is 11.5. The number of anilines is 1. The molecule has 0 unspecified atom stereocenters. The number of nitrogens with zero attached hydrogens (tertiary/aromatic N) is 5. The van der Waals surface area contributed by atoms with Gasteiger partial charge in [0, 0.05) is 19.2 Å². The van der Waals surface area contributed by atoms with E-state index in [4.69, 9.17) is 11.6 Å². The number of rotatable bonds is 1. The Kier molecular flexibility index (Phi) is 2.60. The minimum atomic E-state index is 0.444. The molecule has 1 aliphatic rings. The Balaban J connectivity index is 1.79. The lowest BCUT2D eigenvalue weighted by atomic mass is 10.00. The van der Waals surface area contributed by atoms with E-state index in [9.17, 15) is 0 Å². The molecule has 5 nitrogen and oxygen atoms in total. The highest BCUT2D eigenvalue weighted by Crippen LogP contribution is 2.25. The summed E-state index contributed by atoms with van der Waals surface area (Å²) in [6.07, 6.45) is 2.52. The maximum Gasteiger partial charge on any atom is 0.255 e. The molecule has 1 aliphatic heterocycles. The second-order valence-electron chi connectivity index (χ2n) is 4.85. The van der Waals surface area contributed by atoms with Crippen LogP contribution in [0.5, 0.6) is 0 Å². The molecule has 6 heteroatoms. The van der Waals surface area contributed by atoms with Gasteiger partial charge in [-0.25, -0.2) is 0 Å². The van der Waals surface area contributed by atoms with Gasteiger partial charge < -0.3 is 4.90 Å². The Morgan fingerprint density at radius 3 is 2.90 bits per heavy atom. The van der Waals surface area contributed by atoms with Crippen LogP contribution in [0.4, 0.5) is 5.82 Å². The van der Waals surface area contributed by atoms with Crippen LogP contribution in [-0.2, 0) is 13.0 Å². The Labute approximate surface area is 120 Å². The van der Waals surface area contributed by atoms with E-state index in [0.717, 1.165) is 25.3 Å². The van der Waals surface area contributed by atoms with Crippen LogP contribution in [-0.4, -0.2) is 26.1 Å². The molecule has 2 aromatic heterocycles. The third kappa shape index (κ3) is 1.82. The van der Waals surface area contributed by atoms with Crippen molar-refractivity contribution in [3.63, 3.8) is 0 Å². The van der Waals surface area contributed by atoms with Gasteiger partial charge in [0.25, 0.3) is 5.78 Å². The number of benzene rings is 1. The quantitative estimate of drug-likeness (QED) is 0.644. The number of hydrogen-bond donors (Lipinski definition) is 0. The average Bonchev–Trinajstić information content (AvgIpc) is 2.94. The van der Waals surface area contributed by atoms with E-state index in [-0.39, 0.29) is 0 Å². The summed E-state index contributed by atoms with van der Waals surface area (Å²) in [5.41, 5.74) is 2.76. The molecule has 3 aromatic rings. The van der Waals surface area contributed by atoms with Gasteiger partial charge >= 0.3 is 0 Å². The van der Waals surface area contributed by atoms with E-state index < -0.39 is 0 Å². The summed E-state index contributed by atoms with van der Waals surface area (Å²) in [4.78, 5) is 10.5. The normalized spacial score (nSPS) is 14.6. The van der Waals surface area contributed by atoms with Gasteiger partial charge in [0.2, 0.25) is 0 Å². The van der Waals surface area contributed by atoms with Crippen LogP contribution in [0, 0.1) is 0 Å². The number of aromatic nitrogens is 4. The van der Waals surface area contributed by atoms with Gasteiger partial charge in [0.05, 0.1) is 0 Å². The fourth-order valence-corrected chi connectivity index (χ4v) is 2.86. The Bertz CT molecular complexity index is 782. The molecule has 0 atom stereocenters. The van der Waals surface area contributed by atoms with Crippen LogP contribution in [0.3, 0.4) is 0 Å². The summed E-state index contributed by atoms with van der Waals surface area (Å²) in [6.45, 7) is 1.79. The lowest BCUT2D eigenvalue weighted by Crippen LogP contribution is -2.32. The van der Waals surface area contributed by atoms with Crippen molar-refractivity contribution in [1.82, 2.24) is 19.6 Å². The second-order valence-corrected chi connectivity index (χ2v) is 5.24. The number of hydrogen-bond acceptors (Lipinski definition) is 4. The maximum absolute atomic E-state index is 6.08. The molecule has 0 saturated heterocycles. The Hall–Kier alpha value is -2.14. The molecule has 0 amide bonds. The van der Waals surface area contributed by atoms with Crippen molar-refractivity contribution < 1.29 is 0 Å². The van der Waals surface area contributed by atoms with Gasteiger partial charge in [-0.05, 0) is 17.5 Å². The monoisotopic (exact) mass is 285 g/mol. The molecule has 100 valence electrons. The maximum atomic E-state index is 6.08. The summed E-state index contributed by atoms with van der Waals surface area (Å²) in [6, 6.07) is 10.4. The van der Waals surface area contributed by atoms with E-state index in [1.807, 2.05) is 6.07 Å². The lowest BCUT2D eigenvalue weighted by molar-refractivity contribution is 0.703. The van der Waals surface area contributed by atoms with Gasteiger partial charge in [0.15, 0.2) is 0 Å². The SMILES string of the molecule is Clc1cc(N2CCc3ccccc3C2)n2ncnc2n1. The third-order valence-corrected chi connectivity index (χ3v) is 3.85. The molecular formula is C14H12ClN5. The Morgan fingerprint density at radius 1 is 1.15 bits per heavy atom. The summed E-state index contributed by atoms with van der Waals surface area (Å²) in [5, 5.41) is 4.68. The van der Waals surface area contributed by atoms with Crippen molar-refractivity contribution >= 4 is 23.2 Å². The molecule has 0 radical (unpaired) electrons. The van der Waals surface area contributed by atoms with Gasteiger partial charge in [-0.3, -0.25) is 0 Å². The summed E-state index contributed by atoms with van der Waals surface area (Å²) in [7, 11) is 0. The minimum Gasteiger partial charge on any atom is -0.352 e. The molecule has 20 heavy (non-hydrogen) atoms. The van der Waals surface area contributed by atoms with Crippen LogP contribution >= 0.6 is 11.6 Å². The van der Waals surface area contributed by atoms with E-state index in [0.29, 0.717) is 10.9 Å². The average molecular weight is 286 g/mol. The van der Waals surface area contributed by atoms with Crippen LogP contribution in [0.25, 0.3) is 5.78 Å². The smallest absolute Gasteiger partial charge is 0.255 e. The van der Waals surface area contributed by atoms with Gasteiger partial charge in [-0.2, -0.15) is 19.6 Å². The molecule has 0 bridgehead atoms. The zero-order valence-electron chi connectivity index (χ0n) is 10.7. The molecule has 0 spiro atoms. The van der Waals surface area contributed by atoms with Gasteiger partial charge in [-0.1, -0.05) is 35.9 Å². The van der Waals surface area contributed by atoms with Gasteiger partial charge in [0.1, 0.15) is 17.3 Å². The van der Waals surface area contributed by atoms with E-state index >= 15 is 0 Å². The van der Waals surface area contributed by atoms with Crippen molar-refractivity contribution in [1.29, 1.82) is 0 Å². The molecule has 0 fully saturated rings. The van der Waals surface area contributed by atoms with E-state index in [1.165, 1.54) is 17.5 Å². The van der Waals surface area contributed by atoms with Crippen molar-refractivity contribution in [3.05, 3.63) is 52.9 Å². The summed E-state index contributed by atoms with van der Waals surface area (Å²) in [5.74, 6) is 1.47. The van der Waals surface area contributed by atoms with E-state index in [2.05, 4.69) is 44.2 Å². The van der Waals surface area contributed by atoms with Crippen LogP contribution < -0.4 is 4.90 Å². The third-order valence-electron chi connectivity index (χ3n) is 3.66. The topological polar surface area (TPSA) is 46.3 Å². The molecule has 3 heterocycles.